The molecule has 0 N–H and O–H groups in total. The molecule has 0 aromatic heterocycles. The van der Waals surface area contributed by atoms with Crippen LogP contribution < -0.4 is 4.74 Å². The van der Waals surface area contributed by atoms with Crippen molar-refractivity contribution in [3.8, 4) is 5.75 Å². The van der Waals surface area contributed by atoms with Crippen molar-refractivity contribution in [2.45, 2.75) is 13.0 Å². The van der Waals surface area contributed by atoms with Crippen molar-refractivity contribution in [3.63, 3.8) is 0 Å². The van der Waals surface area contributed by atoms with Gasteiger partial charge < -0.3 is 9.47 Å². The molecule has 14 heavy (non-hydrogen) atoms. The zero-order valence-electron chi connectivity index (χ0n) is 8.50. The second-order valence-corrected chi connectivity index (χ2v) is 3.18. The maximum atomic E-state index is 5.80. The molecule has 78 valence electrons. The summed E-state index contributed by atoms with van der Waals surface area (Å²) < 4.78 is 10.5. The monoisotopic (exact) mass is 214 g/mol. The van der Waals surface area contributed by atoms with Gasteiger partial charge in [-0.05, 0) is 24.6 Å². The lowest BCUT2D eigenvalue weighted by Gasteiger charge is -2.14. The van der Waals surface area contributed by atoms with Gasteiger partial charge in [0.05, 0.1) is 19.1 Å². The van der Waals surface area contributed by atoms with Gasteiger partial charge in [-0.3, -0.25) is 0 Å². The predicted octanol–water partition coefficient (Wildman–Crippen LogP) is 3.01. The summed E-state index contributed by atoms with van der Waals surface area (Å²) in [4.78, 5) is 0. The van der Waals surface area contributed by atoms with Crippen molar-refractivity contribution < 1.29 is 9.47 Å². The summed E-state index contributed by atoms with van der Waals surface area (Å²) in [5.74, 6) is 1.32. The minimum atomic E-state index is -0.0208. The largest absolute Gasteiger partial charge is 0.497 e. The molecule has 1 aromatic rings. The summed E-state index contributed by atoms with van der Waals surface area (Å²) in [5, 5.41) is 0. The molecule has 0 saturated carbocycles. The van der Waals surface area contributed by atoms with E-state index >= 15 is 0 Å². The van der Waals surface area contributed by atoms with Crippen LogP contribution in [0.15, 0.2) is 24.3 Å². The van der Waals surface area contributed by atoms with Crippen molar-refractivity contribution >= 4 is 11.6 Å². The first-order valence-corrected chi connectivity index (χ1v) is 5.16. The highest BCUT2D eigenvalue weighted by Gasteiger charge is 2.09. The van der Waals surface area contributed by atoms with Crippen LogP contribution in [-0.4, -0.2) is 19.6 Å². The Morgan fingerprint density at radius 1 is 1.29 bits per heavy atom. The van der Waals surface area contributed by atoms with E-state index in [1.165, 1.54) is 0 Å². The van der Waals surface area contributed by atoms with E-state index in [-0.39, 0.29) is 6.10 Å². The van der Waals surface area contributed by atoms with Gasteiger partial charge in [-0.25, -0.2) is 0 Å². The lowest BCUT2D eigenvalue weighted by Crippen LogP contribution is -2.05. The predicted molar refractivity (Wildman–Crippen MR) is 58.1 cm³/mol. The fraction of sp³-hybridized carbons (Fsp3) is 0.455. The maximum Gasteiger partial charge on any atom is 0.118 e. The van der Waals surface area contributed by atoms with Crippen LogP contribution in [0.3, 0.4) is 0 Å². The summed E-state index contributed by atoms with van der Waals surface area (Å²) in [6, 6.07) is 7.77. The highest BCUT2D eigenvalue weighted by Crippen LogP contribution is 2.21. The molecule has 0 saturated heterocycles. The lowest BCUT2D eigenvalue weighted by molar-refractivity contribution is 0.0788. The van der Waals surface area contributed by atoms with E-state index in [1.807, 2.05) is 31.2 Å². The van der Waals surface area contributed by atoms with E-state index in [0.717, 1.165) is 11.3 Å². The number of benzene rings is 1. The third-order valence-corrected chi connectivity index (χ3v) is 2.28. The fourth-order valence-electron chi connectivity index (χ4n) is 1.25. The number of alkyl halides is 1. The Bertz CT molecular complexity index is 258. The molecule has 0 spiro atoms. The van der Waals surface area contributed by atoms with Gasteiger partial charge in [0, 0.05) is 6.61 Å². The van der Waals surface area contributed by atoms with E-state index in [0.29, 0.717) is 12.5 Å². The topological polar surface area (TPSA) is 18.5 Å². The van der Waals surface area contributed by atoms with Gasteiger partial charge in [-0.1, -0.05) is 12.1 Å². The zero-order chi connectivity index (χ0) is 10.4. The quantitative estimate of drug-likeness (QED) is 0.702. The van der Waals surface area contributed by atoms with E-state index in [9.17, 15) is 0 Å². The minimum absolute atomic E-state index is 0.0208. The molecule has 2 nitrogen and oxygen atoms in total. The molecular weight excluding hydrogens is 200 g/mol. The van der Waals surface area contributed by atoms with Crippen LogP contribution in [0.4, 0.5) is 0 Å². The molecule has 1 atom stereocenters. The Hall–Kier alpha value is -0.730. The summed E-state index contributed by atoms with van der Waals surface area (Å²) in [6.07, 6.45) is -0.0208. The van der Waals surface area contributed by atoms with Gasteiger partial charge in [-0.2, -0.15) is 0 Å². The van der Waals surface area contributed by atoms with Crippen LogP contribution >= 0.6 is 11.6 Å². The van der Waals surface area contributed by atoms with Gasteiger partial charge in [-0.15, -0.1) is 11.6 Å². The number of ether oxygens (including phenoxy) is 2. The molecule has 0 aliphatic heterocycles. The molecule has 0 aliphatic carbocycles. The maximum absolute atomic E-state index is 5.80. The minimum Gasteiger partial charge on any atom is -0.497 e. The molecule has 0 bridgehead atoms. The SMILES string of the molecule is CCOC(CCl)c1ccc(OC)cc1. The number of hydrogen-bond acceptors (Lipinski definition) is 2. The lowest BCUT2D eigenvalue weighted by atomic mass is 10.1. The molecule has 0 radical (unpaired) electrons. The molecule has 0 aliphatic rings. The van der Waals surface area contributed by atoms with Crippen LogP contribution in [0.2, 0.25) is 0 Å². The van der Waals surface area contributed by atoms with E-state index in [2.05, 4.69) is 0 Å². The molecule has 1 aromatic carbocycles. The Labute approximate surface area is 89.8 Å². The van der Waals surface area contributed by atoms with Gasteiger partial charge in [0.15, 0.2) is 0 Å². The van der Waals surface area contributed by atoms with Crippen LogP contribution in [-0.2, 0) is 4.74 Å². The van der Waals surface area contributed by atoms with E-state index in [1.54, 1.807) is 7.11 Å². The van der Waals surface area contributed by atoms with Crippen LogP contribution in [0.25, 0.3) is 0 Å². The first-order valence-electron chi connectivity index (χ1n) is 4.63. The summed E-state index contributed by atoms with van der Waals surface area (Å²) in [5.41, 5.74) is 1.09. The van der Waals surface area contributed by atoms with Crippen molar-refractivity contribution in [1.29, 1.82) is 0 Å². The number of rotatable bonds is 5. The van der Waals surface area contributed by atoms with Crippen molar-refractivity contribution in [1.82, 2.24) is 0 Å². The highest BCUT2D eigenvalue weighted by atomic mass is 35.5. The Morgan fingerprint density at radius 2 is 1.93 bits per heavy atom. The van der Waals surface area contributed by atoms with Crippen molar-refractivity contribution in [2.24, 2.45) is 0 Å². The third-order valence-electron chi connectivity index (χ3n) is 2.00. The first kappa shape index (κ1) is 11.3. The van der Waals surface area contributed by atoms with E-state index in [4.69, 9.17) is 21.1 Å². The van der Waals surface area contributed by atoms with Gasteiger partial charge in [0.1, 0.15) is 5.75 Å². The Balaban J connectivity index is 2.73. The first-order chi connectivity index (χ1) is 6.81. The van der Waals surface area contributed by atoms with Gasteiger partial charge >= 0.3 is 0 Å². The Morgan fingerprint density at radius 3 is 2.36 bits per heavy atom. The van der Waals surface area contributed by atoms with Crippen LogP contribution in [0.5, 0.6) is 5.75 Å². The second-order valence-electron chi connectivity index (χ2n) is 2.87. The molecule has 0 heterocycles. The average molecular weight is 215 g/mol. The summed E-state index contributed by atoms with van der Waals surface area (Å²) >= 11 is 5.80. The third kappa shape index (κ3) is 2.89. The van der Waals surface area contributed by atoms with Gasteiger partial charge in [0.2, 0.25) is 0 Å². The molecule has 3 heteroatoms. The molecule has 0 amide bonds. The molecule has 1 rings (SSSR count). The van der Waals surface area contributed by atoms with Crippen LogP contribution in [0.1, 0.15) is 18.6 Å². The number of halogens is 1. The van der Waals surface area contributed by atoms with E-state index < -0.39 is 0 Å². The number of hydrogen-bond donors (Lipinski definition) is 0. The molecule has 1 unspecified atom stereocenters. The second kappa shape index (κ2) is 5.89. The fourth-order valence-corrected chi connectivity index (χ4v) is 1.52. The van der Waals surface area contributed by atoms with Gasteiger partial charge in [0.25, 0.3) is 0 Å². The average Bonchev–Trinajstić information content (AvgIpc) is 2.26. The molecule has 0 fully saturated rings. The zero-order valence-corrected chi connectivity index (χ0v) is 9.25. The summed E-state index contributed by atoms with van der Waals surface area (Å²) in [6.45, 7) is 2.63. The van der Waals surface area contributed by atoms with Crippen molar-refractivity contribution in [2.75, 3.05) is 19.6 Å². The van der Waals surface area contributed by atoms with Crippen molar-refractivity contribution in [3.05, 3.63) is 29.8 Å². The Kier molecular flexibility index (Phi) is 4.77. The standard InChI is InChI=1S/C11H15ClO2/c1-3-14-11(8-12)9-4-6-10(13-2)7-5-9/h4-7,11H,3,8H2,1-2H3. The summed E-state index contributed by atoms with van der Waals surface area (Å²) in [7, 11) is 1.65. The highest BCUT2D eigenvalue weighted by molar-refractivity contribution is 6.18. The smallest absolute Gasteiger partial charge is 0.118 e. The number of methoxy groups -OCH3 is 1. The molecular formula is C11H15ClO2. The van der Waals surface area contributed by atoms with Crippen LogP contribution in [0, 0.1) is 0 Å². The normalized spacial score (nSPS) is 12.5.